The van der Waals surface area contributed by atoms with Crippen LogP contribution < -0.4 is 4.74 Å². The number of aromatic amines is 1. The number of nitrogens with one attached hydrogen (secondary N) is 1. The van der Waals surface area contributed by atoms with Crippen molar-refractivity contribution in [1.82, 2.24) is 19.5 Å². The van der Waals surface area contributed by atoms with Crippen molar-refractivity contribution in [2.75, 3.05) is 7.11 Å². The number of rotatable bonds is 2. The number of methoxy groups -OCH3 is 1. The second-order valence-corrected chi connectivity index (χ2v) is 4.71. The van der Waals surface area contributed by atoms with Crippen molar-refractivity contribution in [3.63, 3.8) is 0 Å². The van der Waals surface area contributed by atoms with Gasteiger partial charge in [0.15, 0.2) is 16.2 Å². The van der Waals surface area contributed by atoms with Gasteiger partial charge in [-0.05, 0) is 24.4 Å². The maximum atomic E-state index is 14.2. The zero-order chi connectivity index (χ0) is 14.3. The fourth-order valence-corrected chi connectivity index (χ4v) is 2.40. The van der Waals surface area contributed by atoms with Gasteiger partial charge in [-0.2, -0.15) is 4.98 Å². The van der Waals surface area contributed by atoms with Gasteiger partial charge in [-0.1, -0.05) is 17.7 Å². The second kappa shape index (κ2) is 4.84. The van der Waals surface area contributed by atoms with Crippen LogP contribution in [0.25, 0.3) is 16.9 Å². The van der Waals surface area contributed by atoms with Crippen molar-refractivity contribution in [3.8, 4) is 11.6 Å². The molecule has 0 amide bonds. The summed E-state index contributed by atoms with van der Waals surface area (Å²) in [6, 6.07) is 4.67. The van der Waals surface area contributed by atoms with Gasteiger partial charge in [0.2, 0.25) is 5.88 Å². The predicted octanol–water partition coefficient (Wildman–Crippen LogP) is 3.28. The van der Waals surface area contributed by atoms with Crippen LogP contribution in [-0.2, 0) is 0 Å². The van der Waals surface area contributed by atoms with Crippen molar-refractivity contribution in [1.29, 1.82) is 0 Å². The Balaban J connectivity index is 2.40. The molecule has 0 aliphatic carbocycles. The highest BCUT2D eigenvalue weighted by Gasteiger charge is 2.16. The number of benzene rings is 1. The lowest BCUT2D eigenvalue weighted by atomic mass is 10.3. The number of imidazole rings is 1. The molecule has 0 unspecified atom stereocenters. The summed E-state index contributed by atoms with van der Waals surface area (Å²) in [6.07, 6.45) is 1.32. The van der Waals surface area contributed by atoms with Crippen LogP contribution in [0.15, 0.2) is 24.5 Å². The van der Waals surface area contributed by atoms with E-state index in [1.165, 1.54) is 24.1 Å². The van der Waals surface area contributed by atoms with Gasteiger partial charge in [-0.3, -0.25) is 4.57 Å². The van der Waals surface area contributed by atoms with Gasteiger partial charge in [0, 0.05) is 0 Å². The Morgan fingerprint density at radius 3 is 2.95 bits per heavy atom. The molecule has 3 aromatic rings. The third kappa shape index (κ3) is 1.86. The minimum atomic E-state index is -0.566. The van der Waals surface area contributed by atoms with Crippen molar-refractivity contribution < 1.29 is 9.13 Å². The smallest absolute Gasteiger partial charge is 0.242 e. The van der Waals surface area contributed by atoms with E-state index in [4.69, 9.17) is 28.6 Å². The number of ether oxygens (including phenoxy) is 1. The van der Waals surface area contributed by atoms with Crippen molar-refractivity contribution in [2.45, 2.75) is 0 Å². The average Bonchev–Trinajstić information content (AvgIpc) is 2.78. The van der Waals surface area contributed by atoms with Gasteiger partial charge in [-0.25, -0.2) is 9.37 Å². The van der Waals surface area contributed by atoms with E-state index in [1.54, 1.807) is 12.1 Å². The summed E-state index contributed by atoms with van der Waals surface area (Å²) in [5, 5.41) is 0.0137. The summed E-state index contributed by atoms with van der Waals surface area (Å²) < 4.78 is 21.0. The number of fused-ring (bicyclic) bond motifs is 1. The minimum Gasteiger partial charge on any atom is -0.479 e. The quantitative estimate of drug-likeness (QED) is 0.738. The fraction of sp³-hybridized carbons (Fsp3) is 0.0833. The molecule has 2 aromatic heterocycles. The van der Waals surface area contributed by atoms with E-state index in [1.807, 2.05) is 0 Å². The molecule has 8 heteroatoms. The molecule has 0 spiro atoms. The summed E-state index contributed by atoms with van der Waals surface area (Å²) >= 11 is 11.0. The molecule has 0 fully saturated rings. The molecule has 2 heterocycles. The highest BCUT2D eigenvalue weighted by molar-refractivity contribution is 7.71. The average molecular weight is 311 g/mol. The normalized spacial score (nSPS) is 10.9. The van der Waals surface area contributed by atoms with Gasteiger partial charge in [0.05, 0.1) is 17.8 Å². The molecular formula is C12H8ClFN4OS. The lowest BCUT2D eigenvalue weighted by molar-refractivity contribution is 0.401. The Morgan fingerprint density at radius 1 is 1.40 bits per heavy atom. The van der Waals surface area contributed by atoms with E-state index in [9.17, 15) is 4.39 Å². The SMILES string of the molecule is COc1ncnc2c1[nH]c(=S)n2-c1cccc(Cl)c1F. The van der Waals surface area contributed by atoms with Gasteiger partial charge >= 0.3 is 0 Å². The maximum Gasteiger partial charge on any atom is 0.242 e. The summed E-state index contributed by atoms with van der Waals surface area (Å²) in [5.41, 5.74) is 1.14. The lowest BCUT2D eigenvalue weighted by Gasteiger charge is -2.06. The number of nitrogens with zero attached hydrogens (tertiary/aromatic N) is 3. The third-order valence-corrected chi connectivity index (χ3v) is 3.38. The molecule has 0 radical (unpaired) electrons. The maximum absolute atomic E-state index is 14.2. The summed E-state index contributed by atoms with van der Waals surface area (Å²) in [7, 11) is 1.48. The van der Waals surface area contributed by atoms with E-state index >= 15 is 0 Å². The molecule has 102 valence electrons. The molecule has 3 rings (SSSR count). The van der Waals surface area contributed by atoms with Crippen LogP contribution in [-0.4, -0.2) is 26.6 Å². The molecule has 0 saturated heterocycles. The zero-order valence-corrected chi connectivity index (χ0v) is 11.8. The second-order valence-electron chi connectivity index (χ2n) is 3.92. The first-order valence-corrected chi connectivity index (χ1v) is 6.36. The van der Waals surface area contributed by atoms with E-state index in [0.717, 1.165) is 0 Å². The van der Waals surface area contributed by atoms with Crippen molar-refractivity contribution in [2.24, 2.45) is 0 Å². The van der Waals surface area contributed by atoms with Gasteiger partial charge < -0.3 is 9.72 Å². The highest BCUT2D eigenvalue weighted by Crippen LogP contribution is 2.27. The van der Waals surface area contributed by atoms with Crippen LogP contribution in [0.5, 0.6) is 5.88 Å². The molecule has 0 bridgehead atoms. The fourth-order valence-electron chi connectivity index (χ4n) is 1.94. The summed E-state index contributed by atoms with van der Waals surface area (Å²) in [5.74, 6) is -0.231. The standard InChI is InChI=1S/C12H8ClFN4OS/c1-19-11-9-10(15-5-16-11)18(12(20)17-9)7-4-2-3-6(13)8(7)14/h2-5H,1H3,(H,17,20). The Labute approximate surface area is 123 Å². The molecule has 20 heavy (non-hydrogen) atoms. The van der Waals surface area contributed by atoms with Crippen molar-refractivity contribution in [3.05, 3.63) is 40.1 Å². The number of H-pyrrole nitrogens is 1. The van der Waals surface area contributed by atoms with Gasteiger partial charge in [0.1, 0.15) is 11.8 Å². The first-order valence-electron chi connectivity index (χ1n) is 5.57. The Morgan fingerprint density at radius 2 is 2.20 bits per heavy atom. The van der Waals surface area contributed by atoms with Gasteiger partial charge in [0.25, 0.3) is 0 Å². The Hall–Kier alpha value is -1.99. The van der Waals surface area contributed by atoms with Crippen molar-refractivity contribution >= 4 is 35.0 Å². The largest absolute Gasteiger partial charge is 0.479 e. The first-order chi connectivity index (χ1) is 9.63. The van der Waals surface area contributed by atoms with Crippen LogP contribution in [0, 0.1) is 10.6 Å². The third-order valence-electron chi connectivity index (χ3n) is 2.80. The predicted molar refractivity (Wildman–Crippen MR) is 75.6 cm³/mol. The van der Waals surface area contributed by atoms with Crippen LogP contribution >= 0.6 is 23.8 Å². The van der Waals surface area contributed by atoms with Crippen LogP contribution in [0.1, 0.15) is 0 Å². The zero-order valence-electron chi connectivity index (χ0n) is 10.2. The van der Waals surface area contributed by atoms with Crippen LogP contribution in [0.4, 0.5) is 4.39 Å². The first kappa shape index (κ1) is 13.0. The molecule has 0 saturated carbocycles. The molecule has 5 nitrogen and oxygen atoms in total. The van der Waals surface area contributed by atoms with E-state index in [0.29, 0.717) is 17.0 Å². The lowest BCUT2D eigenvalue weighted by Crippen LogP contribution is -2.00. The van der Waals surface area contributed by atoms with Gasteiger partial charge in [-0.15, -0.1) is 0 Å². The number of halogens is 2. The van der Waals surface area contributed by atoms with Crippen LogP contribution in [0.2, 0.25) is 5.02 Å². The minimum absolute atomic E-state index is 0.0137. The number of aromatic nitrogens is 4. The molecule has 0 atom stereocenters. The number of hydrogen-bond donors (Lipinski definition) is 1. The monoisotopic (exact) mass is 310 g/mol. The van der Waals surface area contributed by atoms with Crippen LogP contribution in [0.3, 0.4) is 0 Å². The van der Waals surface area contributed by atoms with E-state index in [-0.39, 0.29) is 15.5 Å². The summed E-state index contributed by atoms with van der Waals surface area (Å²) in [4.78, 5) is 11.0. The number of hydrogen-bond acceptors (Lipinski definition) is 4. The van der Waals surface area contributed by atoms with E-state index < -0.39 is 5.82 Å². The Kier molecular flexibility index (Phi) is 3.15. The van der Waals surface area contributed by atoms with E-state index in [2.05, 4.69) is 15.0 Å². The highest BCUT2D eigenvalue weighted by atomic mass is 35.5. The molecule has 0 aliphatic rings. The molecule has 0 aliphatic heterocycles. The molecular weight excluding hydrogens is 303 g/mol. The summed E-state index contributed by atoms with van der Waals surface area (Å²) in [6.45, 7) is 0. The molecule has 1 aromatic carbocycles. The molecule has 1 N–H and O–H groups in total. The Bertz CT molecular complexity index is 860. The topological polar surface area (TPSA) is 55.7 Å².